The van der Waals surface area contributed by atoms with Crippen LogP contribution in [0.5, 0.6) is 0 Å². The van der Waals surface area contributed by atoms with Gasteiger partial charge in [-0.05, 0) is 23.6 Å². The predicted octanol–water partition coefficient (Wildman–Crippen LogP) is 3.08. The number of pyridine rings is 1. The molecule has 0 radical (unpaired) electrons. The van der Waals surface area contributed by atoms with E-state index in [-0.39, 0.29) is 0 Å². The summed E-state index contributed by atoms with van der Waals surface area (Å²) >= 11 is 1.76. The van der Waals surface area contributed by atoms with Crippen molar-refractivity contribution in [2.24, 2.45) is 0 Å². The normalized spacial score (nSPS) is 18.4. The zero-order chi connectivity index (χ0) is 12.7. The van der Waals surface area contributed by atoms with E-state index in [0.29, 0.717) is 6.04 Å². The Labute approximate surface area is 115 Å². The van der Waals surface area contributed by atoms with Crippen LogP contribution in [0.4, 0.5) is 0 Å². The Morgan fingerprint density at radius 1 is 1.16 bits per heavy atom. The summed E-state index contributed by atoms with van der Waals surface area (Å²) in [4.78, 5) is 8.83. The van der Waals surface area contributed by atoms with Crippen molar-refractivity contribution < 1.29 is 0 Å². The molecule has 1 aliphatic heterocycles. The minimum Gasteiger partial charge on any atom is -0.304 e. The Kier molecular flexibility index (Phi) is 2.57. The summed E-state index contributed by atoms with van der Waals surface area (Å²) in [5.74, 6) is 0. The fourth-order valence-electron chi connectivity index (χ4n) is 2.58. The molecule has 1 N–H and O–H groups in total. The first-order valence-corrected chi connectivity index (χ1v) is 7.22. The van der Waals surface area contributed by atoms with Crippen molar-refractivity contribution in [3.8, 4) is 0 Å². The monoisotopic (exact) mass is 267 g/mol. The van der Waals surface area contributed by atoms with E-state index in [2.05, 4.69) is 34.6 Å². The van der Waals surface area contributed by atoms with Gasteiger partial charge in [-0.1, -0.05) is 24.3 Å². The lowest BCUT2D eigenvalue weighted by atomic mass is 9.96. The van der Waals surface area contributed by atoms with Gasteiger partial charge in [-0.3, -0.25) is 4.98 Å². The van der Waals surface area contributed by atoms with E-state index in [9.17, 15) is 0 Å². The van der Waals surface area contributed by atoms with E-state index in [1.807, 2.05) is 18.5 Å². The fraction of sp³-hybridized carbons (Fsp3) is 0.200. The molecular formula is C15H13N3S. The number of hydrogen-bond donors (Lipinski definition) is 1. The minimum atomic E-state index is 0.326. The third kappa shape index (κ3) is 1.93. The SMILES string of the molecule is c1ccc2c(c1)CNC(c1nc3cnccc3s1)C2. The van der Waals surface area contributed by atoms with E-state index < -0.39 is 0 Å². The number of benzene rings is 1. The van der Waals surface area contributed by atoms with Crippen molar-refractivity contribution in [1.82, 2.24) is 15.3 Å². The number of fused-ring (bicyclic) bond motifs is 2. The summed E-state index contributed by atoms with van der Waals surface area (Å²) in [6.07, 6.45) is 4.68. The largest absolute Gasteiger partial charge is 0.304 e. The minimum absolute atomic E-state index is 0.326. The van der Waals surface area contributed by atoms with Crippen molar-refractivity contribution in [2.75, 3.05) is 0 Å². The highest BCUT2D eigenvalue weighted by Gasteiger charge is 2.21. The van der Waals surface area contributed by atoms with Gasteiger partial charge >= 0.3 is 0 Å². The molecule has 1 atom stereocenters. The smallest absolute Gasteiger partial charge is 0.111 e. The van der Waals surface area contributed by atoms with Gasteiger partial charge in [0.25, 0.3) is 0 Å². The zero-order valence-electron chi connectivity index (χ0n) is 10.3. The maximum Gasteiger partial charge on any atom is 0.111 e. The van der Waals surface area contributed by atoms with Gasteiger partial charge in [-0.15, -0.1) is 11.3 Å². The summed E-state index contributed by atoms with van der Waals surface area (Å²) in [6.45, 7) is 0.926. The Bertz CT molecular complexity index is 702. The van der Waals surface area contributed by atoms with E-state index >= 15 is 0 Å². The standard InChI is InChI=1S/C15H13N3S/c1-2-4-11-8-17-12(7-10(11)3-1)15-18-13-9-16-6-5-14(13)19-15/h1-6,9,12,17H,7-8H2. The molecule has 0 fully saturated rings. The lowest BCUT2D eigenvalue weighted by Gasteiger charge is -2.24. The van der Waals surface area contributed by atoms with Crippen LogP contribution in [-0.2, 0) is 13.0 Å². The lowest BCUT2D eigenvalue weighted by Crippen LogP contribution is -2.28. The molecule has 3 aromatic rings. The summed E-state index contributed by atoms with van der Waals surface area (Å²) in [5, 5.41) is 4.74. The van der Waals surface area contributed by atoms with Crippen LogP contribution in [0.1, 0.15) is 22.2 Å². The van der Waals surface area contributed by atoms with Crippen molar-refractivity contribution in [3.05, 3.63) is 58.9 Å². The Morgan fingerprint density at radius 3 is 2.95 bits per heavy atom. The number of aromatic nitrogens is 2. The number of nitrogens with one attached hydrogen (secondary N) is 1. The third-order valence-electron chi connectivity index (χ3n) is 3.59. The first-order valence-electron chi connectivity index (χ1n) is 6.41. The van der Waals surface area contributed by atoms with Crippen LogP contribution in [0, 0.1) is 0 Å². The topological polar surface area (TPSA) is 37.8 Å². The second-order valence-corrected chi connectivity index (χ2v) is 5.86. The third-order valence-corrected chi connectivity index (χ3v) is 4.74. The number of nitrogens with zero attached hydrogens (tertiary/aromatic N) is 2. The summed E-state index contributed by atoms with van der Waals surface area (Å²) in [5.41, 5.74) is 3.84. The quantitative estimate of drug-likeness (QED) is 0.736. The van der Waals surface area contributed by atoms with Gasteiger partial charge in [-0.25, -0.2) is 4.98 Å². The maximum absolute atomic E-state index is 4.70. The second kappa shape index (κ2) is 4.40. The molecule has 1 aromatic carbocycles. The predicted molar refractivity (Wildman–Crippen MR) is 77.1 cm³/mol. The van der Waals surface area contributed by atoms with Crippen LogP contribution in [0.25, 0.3) is 10.2 Å². The van der Waals surface area contributed by atoms with E-state index in [1.54, 1.807) is 11.3 Å². The molecule has 2 aromatic heterocycles. The van der Waals surface area contributed by atoms with Gasteiger partial charge in [0.2, 0.25) is 0 Å². The molecule has 3 nitrogen and oxygen atoms in total. The van der Waals surface area contributed by atoms with Gasteiger partial charge in [0.15, 0.2) is 0 Å². The average Bonchev–Trinajstić information content (AvgIpc) is 2.90. The van der Waals surface area contributed by atoms with E-state index in [0.717, 1.165) is 23.5 Å². The van der Waals surface area contributed by atoms with Crippen LogP contribution in [0.15, 0.2) is 42.7 Å². The first-order chi connectivity index (χ1) is 9.40. The average molecular weight is 267 g/mol. The van der Waals surface area contributed by atoms with Gasteiger partial charge < -0.3 is 5.32 Å². The van der Waals surface area contributed by atoms with Crippen LogP contribution in [0.2, 0.25) is 0 Å². The Balaban J connectivity index is 1.70. The maximum atomic E-state index is 4.70. The molecule has 4 rings (SSSR count). The van der Waals surface area contributed by atoms with E-state index in [1.165, 1.54) is 15.8 Å². The molecule has 0 amide bonds. The molecule has 0 aliphatic carbocycles. The lowest BCUT2D eigenvalue weighted by molar-refractivity contribution is 0.497. The van der Waals surface area contributed by atoms with Crippen LogP contribution in [-0.4, -0.2) is 9.97 Å². The molecular weight excluding hydrogens is 254 g/mol. The van der Waals surface area contributed by atoms with Crippen molar-refractivity contribution in [3.63, 3.8) is 0 Å². The zero-order valence-corrected chi connectivity index (χ0v) is 11.2. The molecule has 19 heavy (non-hydrogen) atoms. The highest BCUT2D eigenvalue weighted by Crippen LogP contribution is 2.30. The molecule has 0 spiro atoms. The van der Waals surface area contributed by atoms with Gasteiger partial charge in [0.1, 0.15) is 5.01 Å². The van der Waals surface area contributed by atoms with Crippen molar-refractivity contribution in [1.29, 1.82) is 0 Å². The van der Waals surface area contributed by atoms with Crippen LogP contribution >= 0.6 is 11.3 Å². The van der Waals surface area contributed by atoms with Crippen molar-refractivity contribution >= 4 is 21.6 Å². The summed E-state index contributed by atoms with van der Waals surface area (Å²) in [7, 11) is 0. The summed E-state index contributed by atoms with van der Waals surface area (Å²) in [6, 6.07) is 11.0. The highest BCUT2D eigenvalue weighted by molar-refractivity contribution is 7.18. The molecule has 3 heterocycles. The van der Waals surface area contributed by atoms with Gasteiger partial charge in [-0.2, -0.15) is 0 Å². The molecule has 1 unspecified atom stereocenters. The highest BCUT2D eigenvalue weighted by atomic mass is 32.1. The second-order valence-electron chi connectivity index (χ2n) is 4.80. The first kappa shape index (κ1) is 11.1. The van der Waals surface area contributed by atoms with Gasteiger partial charge in [0, 0.05) is 12.7 Å². The number of rotatable bonds is 1. The van der Waals surface area contributed by atoms with E-state index in [4.69, 9.17) is 4.98 Å². The summed E-state index contributed by atoms with van der Waals surface area (Å²) < 4.78 is 1.21. The van der Waals surface area contributed by atoms with Crippen LogP contribution < -0.4 is 5.32 Å². The Morgan fingerprint density at radius 2 is 2.05 bits per heavy atom. The molecule has 4 heteroatoms. The Hall–Kier alpha value is -1.78. The van der Waals surface area contributed by atoms with Crippen LogP contribution in [0.3, 0.4) is 0 Å². The molecule has 0 bridgehead atoms. The molecule has 94 valence electrons. The van der Waals surface area contributed by atoms with Gasteiger partial charge in [0.05, 0.1) is 22.5 Å². The molecule has 0 saturated heterocycles. The van der Waals surface area contributed by atoms with Crippen molar-refractivity contribution in [2.45, 2.75) is 19.0 Å². The molecule has 1 aliphatic rings. The fourth-order valence-corrected chi connectivity index (χ4v) is 3.59. The number of thiazole rings is 1. The molecule has 0 saturated carbocycles. The number of hydrogen-bond acceptors (Lipinski definition) is 4.